The highest BCUT2D eigenvalue weighted by molar-refractivity contribution is 5.75. The lowest BCUT2D eigenvalue weighted by Crippen LogP contribution is -2.46. The van der Waals surface area contributed by atoms with E-state index in [-0.39, 0.29) is 12.0 Å². The number of hydrogen-bond acceptors (Lipinski definition) is 4. The predicted octanol–water partition coefficient (Wildman–Crippen LogP) is 3.05. The van der Waals surface area contributed by atoms with E-state index in [4.69, 9.17) is 9.47 Å². The first-order valence-corrected chi connectivity index (χ1v) is 8.83. The van der Waals surface area contributed by atoms with Crippen molar-refractivity contribution in [1.29, 1.82) is 0 Å². The molecule has 1 saturated heterocycles. The maximum Gasteiger partial charge on any atom is 0.323 e. The molecule has 0 N–H and O–H groups in total. The Balaban J connectivity index is 1.61. The van der Waals surface area contributed by atoms with Crippen LogP contribution in [-0.2, 0) is 20.7 Å². The molecule has 1 aliphatic rings. The molecule has 1 aromatic carbocycles. The SMILES string of the molecule is CCOC(=O)C1CCCCN1CCCOCCc1ccccc1. The first-order valence-electron chi connectivity index (χ1n) is 8.83. The van der Waals surface area contributed by atoms with Crippen LogP contribution in [0.25, 0.3) is 0 Å². The van der Waals surface area contributed by atoms with Gasteiger partial charge in [-0.15, -0.1) is 0 Å². The maximum absolute atomic E-state index is 12.0. The summed E-state index contributed by atoms with van der Waals surface area (Å²) in [4.78, 5) is 14.3. The van der Waals surface area contributed by atoms with Crippen molar-refractivity contribution in [1.82, 2.24) is 4.90 Å². The highest BCUT2D eigenvalue weighted by atomic mass is 16.5. The third-order valence-corrected chi connectivity index (χ3v) is 4.28. The van der Waals surface area contributed by atoms with Crippen molar-refractivity contribution in [3.8, 4) is 0 Å². The molecule has 1 heterocycles. The van der Waals surface area contributed by atoms with Gasteiger partial charge in [-0.25, -0.2) is 0 Å². The molecule has 2 rings (SSSR count). The molecular formula is C19H29NO3. The summed E-state index contributed by atoms with van der Waals surface area (Å²) in [5.74, 6) is -0.0582. The molecule has 0 bridgehead atoms. The maximum atomic E-state index is 12.0. The molecule has 0 aliphatic carbocycles. The van der Waals surface area contributed by atoms with Crippen LogP contribution in [0.15, 0.2) is 30.3 Å². The number of hydrogen-bond donors (Lipinski definition) is 0. The second kappa shape index (κ2) is 10.4. The summed E-state index contributed by atoms with van der Waals surface area (Å²) >= 11 is 0. The van der Waals surface area contributed by atoms with Gasteiger partial charge in [-0.2, -0.15) is 0 Å². The van der Waals surface area contributed by atoms with Crippen LogP contribution in [0.5, 0.6) is 0 Å². The zero-order valence-corrected chi connectivity index (χ0v) is 14.2. The molecule has 128 valence electrons. The minimum atomic E-state index is -0.0582. The Hall–Kier alpha value is -1.39. The van der Waals surface area contributed by atoms with E-state index in [0.29, 0.717) is 6.61 Å². The molecule has 1 fully saturated rings. The van der Waals surface area contributed by atoms with Crippen molar-refractivity contribution in [2.45, 2.75) is 45.1 Å². The number of esters is 1. The molecule has 0 saturated carbocycles. The first-order chi connectivity index (χ1) is 11.3. The van der Waals surface area contributed by atoms with Crippen molar-refractivity contribution in [3.63, 3.8) is 0 Å². The Morgan fingerprint density at radius 1 is 1.22 bits per heavy atom. The summed E-state index contributed by atoms with van der Waals surface area (Å²) in [5.41, 5.74) is 1.31. The van der Waals surface area contributed by atoms with E-state index in [1.165, 1.54) is 12.0 Å². The number of likely N-dealkylation sites (tertiary alicyclic amines) is 1. The van der Waals surface area contributed by atoms with E-state index in [9.17, 15) is 4.79 Å². The molecule has 0 aromatic heterocycles. The number of ether oxygens (including phenoxy) is 2. The van der Waals surface area contributed by atoms with Crippen LogP contribution < -0.4 is 0 Å². The van der Waals surface area contributed by atoms with Crippen molar-refractivity contribution in [3.05, 3.63) is 35.9 Å². The van der Waals surface area contributed by atoms with Gasteiger partial charge < -0.3 is 9.47 Å². The van der Waals surface area contributed by atoms with Crippen LogP contribution >= 0.6 is 0 Å². The number of carbonyl (C=O) groups excluding carboxylic acids is 1. The fourth-order valence-corrected chi connectivity index (χ4v) is 3.07. The van der Waals surface area contributed by atoms with Crippen molar-refractivity contribution in [2.24, 2.45) is 0 Å². The van der Waals surface area contributed by atoms with Crippen LogP contribution in [0.3, 0.4) is 0 Å². The van der Waals surface area contributed by atoms with Gasteiger partial charge in [0.1, 0.15) is 6.04 Å². The lowest BCUT2D eigenvalue weighted by molar-refractivity contribution is -0.151. The quantitative estimate of drug-likeness (QED) is 0.518. The van der Waals surface area contributed by atoms with Gasteiger partial charge in [0, 0.05) is 13.2 Å². The average molecular weight is 319 g/mol. The molecule has 1 aromatic rings. The molecule has 0 spiro atoms. The molecule has 0 amide bonds. The summed E-state index contributed by atoms with van der Waals surface area (Å²) in [6.45, 7) is 5.74. The Morgan fingerprint density at radius 3 is 2.83 bits per heavy atom. The minimum Gasteiger partial charge on any atom is -0.465 e. The number of carbonyl (C=O) groups is 1. The van der Waals surface area contributed by atoms with Gasteiger partial charge in [0.05, 0.1) is 13.2 Å². The Morgan fingerprint density at radius 2 is 2.04 bits per heavy atom. The lowest BCUT2D eigenvalue weighted by atomic mass is 10.0. The minimum absolute atomic E-state index is 0.0481. The Bertz CT molecular complexity index is 449. The van der Waals surface area contributed by atoms with Gasteiger partial charge in [0.25, 0.3) is 0 Å². The second-order valence-electron chi connectivity index (χ2n) is 6.00. The highest BCUT2D eigenvalue weighted by Crippen LogP contribution is 2.18. The fourth-order valence-electron chi connectivity index (χ4n) is 3.07. The molecule has 0 radical (unpaired) electrons. The number of benzene rings is 1. The summed E-state index contributed by atoms with van der Waals surface area (Å²) < 4.78 is 10.9. The summed E-state index contributed by atoms with van der Waals surface area (Å²) in [6.07, 6.45) is 5.13. The molecule has 23 heavy (non-hydrogen) atoms. The number of nitrogens with zero attached hydrogens (tertiary/aromatic N) is 1. The molecule has 4 heteroatoms. The van der Waals surface area contributed by atoms with Crippen LogP contribution in [0.2, 0.25) is 0 Å². The van der Waals surface area contributed by atoms with Gasteiger partial charge >= 0.3 is 5.97 Å². The van der Waals surface area contributed by atoms with Crippen LogP contribution in [0, 0.1) is 0 Å². The predicted molar refractivity (Wildman–Crippen MR) is 91.4 cm³/mol. The van der Waals surface area contributed by atoms with Crippen molar-refractivity contribution >= 4 is 5.97 Å². The van der Waals surface area contributed by atoms with E-state index in [0.717, 1.165) is 52.0 Å². The fraction of sp³-hybridized carbons (Fsp3) is 0.632. The number of piperidine rings is 1. The van der Waals surface area contributed by atoms with Crippen LogP contribution in [0.1, 0.15) is 38.2 Å². The Labute approximate surface area is 139 Å². The number of rotatable bonds is 9. The first kappa shape index (κ1) is 18.0. The third kappa shape index (κ3) is 6.32. The Kier molecular flexibility index (Phi) is 8.12. The highest BCUT2D eigenvalue weighted by Gasteiger charge is 2.29. The van der Waals surface area contributed by atoms with Crippen LogP contribution in [-0.4, -0.2) is 49.8 Å². The second-order valence-corrected chi connectivity index (χ2v) is 6.00. The molecule has 1 unspecified atom stereocenters. The van der Waals surface area contributed by atoms with Crippen LogP contribution in [0.4, 0.5) is 0 Å². The topological polar surface area (TPSA) is 38.8 Å². The average Bonchev–Trinajstić information content (AvgIpc) is 2.59. The molecule has 1 atom stereocenters. The zero-order chi connectivity index (χ0) is 16.3. The summed E-state index contributed by atoms with van der Waals surface area (Å²) in [6, 6.07) is 10.3. The van der Waals surface area contributed by atoms with E-state index in [2.05, 4.69) is 29.2 Å². The third-order valence-electron chi connectivity index (χ3n) is 4.28. The molecule has 4 nitrogen and oxygen atoms in total. The van der Waals surface area contributed by atoms with Gasteiger partial charge in [-0.1, -0.05) is 36.8 Å². The smallest absolute Gasteiger partial charge is 0.323 e. The summed E-state index contributed by atoms with van der Waals surface area (Å²) in [5, 5.41) is 0. The molecule has 1 aliphatic heterocycles. The van der Waals surface area contributed by atoms with Gasteiger partial charge in [-0.3, -0.25) is 9.69 Å². The van der Waals surface area contributed by atoms with E-state index in [1.54, 1.807) is 0 Å². The summed E-state index contributed by atoms with van der Waals surface area (Å²) in [7, 11) is 0. The molecular weight excluding hydrogens is 290 g/mol. The van der Waals surface area contributed by atoms with Crippen molar-refractivity contribution < 1.29 is 14.3 Å². The largest absolute Gasteiger partial charge is 0.465 e. The normalized spacial score (nSPS) is 18.7. The van der Waals surface area contributed by atoms with Gasteiger partial charge in [-0.05, 0) is 44.7 Å². The van der Waals surface area contributed by atoms with Crippen molar-refractivity contribution in [2.75, 3.05) is 32.9 Å². The van der Waals surface area contributed by atoms with E-state index >= 15 is 0 Å². The van der Waals surface area contributed by atoms with Gasteiger partial charge in [0.2, 0.25) is 0 Å². The zero-order valence-electron chi connectivity index (χ0n) is 14.2. The standard InChI is InChI=1S/C19H29NO3/c1-2-23-19(21)18-11-6-7-13-20(18)14-8-15-22-16-12-17-9-4-3-5-10-17/h3-5,9-10,18H,2,6-8,11-16H2,1H3. The van der Waals surface area contributed by atoms with E-state index in [1.807, 2.05) is 13.0 Å². The monoisotopic (exact) mass is 319 g/mol. The lowest BCUT2D eigenvalue weighted by Gasteiger charge is -2.33. The van der Waals surface area contributed by atoms with Gasteiger partial charge in [0.15, 0.2) is 0 Å². The van der Waals surface area contributed by atoms with E-state index < -0.39 is 0 Å².